The molecule has 2 N–H and O–H groups in total. The fourth-order valence-corrected chi connectivity index (χ4v) is 9.14. The van der Waals surface area contributed by atoms with Crippen LogP contribution in [0.2, 0.25) is 36.3 Å². The van der Waals surface area contributed by atoms with E-state index in [0.29, 0.717) is 81.2 Å². The van der Waals surface area contributed by atoms with Crippen molar-refractivity contribution >= 4 is 63.9 Å². The number of ether oxygens (including phenoxy) is 2. The monoisotopic (exact) mass is 933 g/mol. The van der Waals surface area contributed by atoms with Gasteiger partial charge in [-0.1, -0.05) is 53.7 Å². The van der Waals surface area contributed by atoms with Gasteiger partial charge in [0.2, 0.25) is 11.8 Å². The molecule has 2 aromatic rings. The molecule has 14 nitrogen and oxygen atoms in total. The van der Waals surface area contributed by atoms with Crippen LogP contribution in [0.15, 0.2) is 41.0 Å². The smallest absolute Gasteiger partial charge is 0.413 e. The number of anilines is 1. The maximum atomic E-state index is 14.8. The van der Waals surface area contributed by atoms with Crippen molar-refractivity contribution in [1.82, 2.24) is 20.1 Å². The first-order valence-electron chi connectivity index (χ1n) is 23.1. The Kier molecular flexibility index (Phi) is 15.1. The lowest BCUT2D eigenvalue weighted by molar-refractivity contribution is -0.128. The standard InChI is InChI=1S/C49H76N6O8Si2/c1-45(2,3)62-43(58)53-40-29-34(41(56)54(23-25-60-64(13,14)47(7,8)9)24-26-61-65(15,16)48(10,11)12)27-33-17-18-36(30-39(33)52-40)49(20-21-49)42(57)51-37-28-35-32-55(22-19-38(35)50-31-37)44(59)63-46(4,5)6/h17-18,27-28,30-31H,19-26,29,32H2,1-16H3,(H,51,57)(H,52,53,58). The van der Waals surface area contributed by atoms with Crippen molar-refractivity contribution in [2.24, 2.45) is 4.99 Å². The van der Waals surface area contributed by atoms with Crippen LogP contribution in [0.25, 0.3) is 6.08 Å². The number of hydrogen-bond acceptors (Lipinski definition) is 10. The Balaban J connectivity index is 1.43. The van der Waals surface area contributed by atoms with Gasteiger partial charge in [0.05, 0.1) is 42.7 Å². The average molecular weight is 933 g/mol. The molecule has 3 heterocycles. The van der Waals surface area contributed by atoms with Crippen LogP contribution in [0, 0.1) is 0 Å². The maximum absolute atomic E-state index is 14.8. The van der Waals surface area contributed by atoms with Crippen LogP contribution in [-0.2, 0) is 46.3 Å². The first-order chi connectivity index (χ1) is 29.8. The number of fused-ring (bicyclic) bond motifs is 2. The molecule has 0 saturated heterocycles. The molecule has 0 bridgehead atoms. The van der Waals surface area contributed by atoms with Crippen molar-refractivity contribution in [3.05, 3.63) is 58.4 Å². The van der Waals surface area contributed by atoms with E-state index in [4.69, 9.17) is 23.3 Å². The van der Waals surface area contributed by atoms with Gasteiger partial charge < -0.3 is 33.4 Å². The van der Waals surface area contributed by atoms with Crippen molar-refractivity contribution in [2.45, 2.75) is 168 Å². The van der Waals surface area contributed by atoms with E-state index in [9.17, 15) is 19.2 Å². The van der Waals surface area contributed by atoms with E-state index in [-0.39, 0.29) is 40.2 Å². The second kappa shape index (κ2) is 19.1. The second-order valence-electron chi connectivity index (χ2n) is 22.8. The quantitative estimate of drug-likeness (QED) is 0.197. The van der Waals surface area contributed by atoms with Gasteiger partial charge in [-0.3, -0.25) is 19.9 Å². The fraction of sp³-hybridized carbons (Fsp3) is 0.633. The minimum atomic E-state index is -2.11. The molecule has 0 spiro atoms. The molecular formula is C49H76N6O8Si2. The van der Waals surface area contributed by atoms with Crippen LogP contribution in [0.5, 0.6) is 0 Å². The van der Waals surface area contributed by atoms with Gasteiger partial charge in [0.25, 0.3) is 0 Å². The molecule has 2 aliphatic heterocycles. The minimum absolute atomic E-state index is 0.00340. The molecule has 1 aromatic carbocycles. The number of hydrogen-bond donors (Lipinski definition) is 2. The molecule has 1 aliphatic carbocycles. The maximum Gasteiger partial charge on any atom is 0.413 e. The lowest BCUT2D eigenvalue weighted by Crippen LogP contribution is -2.46. The highest BCUT2D eigenvalue weighted by Gasteiger charge is 2.51. The number of carbonyl (C=O) groups excluding carboxylic acids is 4. The molecule has 1 saturated carbocycles. The van der Waals surface area contributed by atoms with Gasteiger partial charge in [-0.15, -0.1) is 0 Å². The van der Waals surface area contributed by atoms with Crippen molar-refractivity contribution in [3.63, 3.8) is 0 Å². The van der Waals surface area contributed by atoms with E-state index in [1.54, 1.807) is 36.8 Å². The predicted octanol–water partition coefficient (Wildman–Crippen LogP) is 10.3. The molecule has 0 unspecified atom stereocenters. The third kappa shape index (κ3) is 13.4. The van der Waals surface area contributed by atoms with Crippen LogP contribution in [0.4, 0.5) is 21.0 Å². The molecule has 0 radical (unpaired) electrons. The molecule has 5 rings (SSSR count). The van der Waals surface area contributed by atoms with Crippen molar-refractivity contribution in [2.75, 3.05) is 38.2 Å². The van der Waals surface area contributed by atoms with Crippen molar-refractivity contribution < 1.29 is 37.5 Å². The number of alkyl carbamates (subject to hydrolysis) is 1. The summed E-state index contributed by atoms with van der Waals surface area (Å²) in [6.07, 6.45) is 4.30. The molecule has 4 amide bonds. The Morgan fingerprint density at radius 2 is 1.38 bits per heavy atom. The summed E-state index contributed by atoms with van der Waals surface area (Å²) in [7, 11) is -4.22. The Morgan fingerprint density at radius 3 is 1.92 bits per heavy atom. The van der Waals surface area contributed by atoms with Gasteiger partial charge in [0.15, 0.2) is 16.6 Å². The number of amidine groups is 1. The summed E-state index contributed by atoms with van der Waals surface area (Å²) in [5, 5.41) is 5.95. The van der Waals surface area contributed by atoms with Gasteiger partial charge in [0.1, 0.15) is 17.0 Å². The van der Waals surface area contributed by atoms with Crippen LogP contribution >= 0.6 is 0 Å². The Bertz CT molecular complexity index is 2160. The normalized spacial score (nSPS) is 16.5. The third-order valence-electron chi connectivity index (χ3n) is 13.1. The molecule has 358 valence electrons. The summed E-state index contributed by atoms with van der Waals surface area (Å²) in [5.74, 6) is -0.130. The Hall–Kier alpha value is -4.39. The van der Waals surface area contributed by atoms with E-state index in [1.807, 2.05) is 51.1 Å². The molecule has 1 aromatic heterocycles. The second-order valence-corrected chi connectivity index (χ2v) is 32.5. The first-order valence-corrected chi connectivity index (χ1v) is 28.9. The number of rotatable bonds is 12. The highest BCUT2D eigenvalue weighted by Crippen LogP contribution is 2.50. The Morgan fingerprint density at radius 1 is 0.800 bits per heavy atom. The number of nitrogens with one attached hydrogen (secondary N) is 2. The van der Waals surface area contributed by atoms with E-state index < -0.39 is 39.3 Å². The van der Waals surface area contributed by atoms with Gasteiger partial charge >= 0.3 is 12.2 Å². The predicted molar refractivity (Wildman–Crippen MR) is 263 cm³/mol. The molecule has 16 heteroatoms. The van der Waals surface area contributed by atoms with Gasteiger partial charge in [-0.05, 0) is 120 Å². The number of nitrogens with zero attached hydrogens (tertiary/aromatic N) is 4. The molecule has 0 atom stereocenters. The first kappa shape index (κ1) is 51.6. The van der Waals surface area contributed by atoms with E-state index >= 15 is 0 Å². The highest BCUT2D eigenvalue weighted by molar-refractivity contribution is 6.74. The summed E-state index contributed by atoms with van der Waals surface area (Å²) >= 11 is 0. The van der Waals surface area contributed by atoms with Gasteiger partial charge in [-0.2, -0.15) is 0 Å². The topological polar surface area (TPSA) is 161 Å². The van der Waals surface area contributed by atoms with Crippen LogP contribution < -0.4 is 10.6 Å². The Labute approximate surface area is 389 Å². The van der Waals surface area contributed by atoms with Crippen LogP contribution in [0.1, 0.15) is 125 Å². The summed E-state index contributed by atoms with van der Waals surface area (Å²) in [6, 6.07) is 7.58. The number of aromatic nitrogens is 1. The molecule has 3 aliphatic rings. The summed E-state index contributed by atoms with van der Waals surface area (Å²) in [5.41, 5.74) is 2.49. The number of carbonyl (C=O) groups is 4. The minimum Gasteiger partial charge on any atom is -0.444 e. The lowest BCUT2D eigenvalue weighted by atomic mass is 9.92. The van der Waals surface area contributed by atoms with Crippen LogP contribution in [-0.4, -0.2) is 105 Å². The van der Waals surface area contributed by atoms with Crippen LogP contribution in [0.3, 0.4) is 0 Å². The van der Waals surface area contributed by atoms with E-state index in [0.717, 1.165) is 16.8 Å². The summed E-state index contributed by atoms with van der Waals surface area (Å²) in [4.78, 5) is 68.1. The zero-order valence-electron chi connectivity index (χ0n) is 42.1. The number of amides is 4. The fourth-order valence-electron chi connectivity index (χ4n) is 7.07. The SMILES string of the molecule is CC(C)(C)OC(=O)NC1=Nc2cc(C3(C(=O)Nc4cnc5c(c4)CN(C(=O)OC(C)(C)C)CC5)CC3)ccc2C=C(C(=O)N(CCO[Si](C)(C)C(C)(C)C)CCO[Si](C)(C)C(C)(C)C)C1. The zero-order chi connectivity index (χ0) is 48.6. The van der Waals surface area contributed by atoms with E-state index in [1.165, 1.54) is 0 Å². The van der Waals surface area contributed by atoms with Gasteiger partial charge in [-0.25, -0.2) is 14.6 Å². The largest absolute Gasteiger partial charge is 0.444 e. The molecular weight excluding hydrogens is 857 g/mol. The molecule has 65 heavy (non-hydrogen) atoms. The number of pyridine rings is 1. The average Bonchev–Trinajstić information content (AvgIpc) is 3.99. The lowest BCUT2D eigenvalue weighted by Gasteiger charge is -2.38. The van der Waals surface area contributed by atoms with Crippen molar-refractivity contribution in [3.8, 4) is 0 Å². The zero-order valence-corrected chi connectivity index (χ0v) is 44.1. The van der Waals surface area contributed by atoms with E-state index in [2.05, 4.69) is 83.3 Å². The number of benzene rings is 1. The highest BCUT2D eigenvalue weighted by atomic mass is 28.4. The summed E-state index contributed by atoms with van der Waals surface area (Å²) < 4.78 is 24.4. The summed E-state index contributed by atoms with van der Waals surface area (Å²) in [6.45, 7) is 35.2. The van der Waals surface area contributed by atoms with Gasteiger partial charge in [0, 0.05) is 49.3 Å². The van der Waals surface area contributed by atoms with Crippen molar-refractivity contribution in [1.29, 1.82) is 0 Å². The molecule has 1 fully saturated rings. The third-order valence-corrected chi connectivity index (χ3v) is 22.2. The number of aliphatic imine (C=N–C) groups is 1.